The van der Waals surface area contributed by atoms with Crippen LogP contribution in [-0.2, 0) is 6.54 Å². The number of anilines is 1. The molecule has 0 atom stereocenters. The average Bonchev–Trinajstić information content (AvgIpc) is 2.26. The molecule has 0 radical (unpaired) electrons. The number of nitrogens with zero attached hydrogens (tertiary/aromatic N) is 2. The van der Waals surface area contributed by atoms with Gasteiger partial charge in [-0.2, -0.15) is 0 Å². The third-order valence-electron chi connectivity index (χ3n) is 2.46. The van der Waals surface area contributed by atoms with Crippen molar-refractivity contribution in [1.82, 2.24) is 9.88 Å². The Morgan fingerprint density at radius 1 is 1.38 bits per heavy atom. The molecule has 1 heterocycles. The van der Waals surface area contributed by atoms with Gasteiger partial charge in [0.1, 0.15) is 5.82 Å². The molecule has 0 aliphatic rings. The van der Waals surface area contributed by atoms with Gasteiger partial charge in [0.25, 0.3) is 0 Å². The Balaban J connectivity index is 2.52. The molecule has 0 fully saturated rings. The fourth-order valence-corrected chi connectivity index (χ4v) is 1.61. The summed E-state index contributed by atoms with van der Waals surface area (Å²) in [5, 5.41) is 8.98. The van der Waals surface area contributed by atoms with Gasteiger partial charge in [-0.3, -0.25) is 4.90 Å². The summed E-state index contributed by atoms with van der Waals surface area (Å²) in [7, 11) is 0. The lowest BCUT2D eigenvalue weighted by Crippen LogP contribution is -2.28. The van der Waals surface area contributed by atoms with E-state index in [2.05, 4.69) is 16.8 Å². The van der Waals surface area contributed by atoms with E-state index in [1.165, 1.54) is 0 Å². The van der Waals surface area contributed by atoms with Crippen molar-refractivity contribution >= 4 is 5.82 Å². The Bertz CT molecular complexity index is 304. The number of nitrogens with two attached hydrogens (primary N) is 1. The van der Waals surface area contributed by atoms with Gasteiger partial charge in [-0.15, -0.1) is 0 Å². The highest BCUT2D eigenvalue weighted by Crippen LogP contribution is 2.05. The Morgan fingerprint density at radius 2 is 2.19 bits per heavy atom. The van der Waals surface area contributed by atoms with Gasteiger partial charge in [0, 0.05) is 13.1 Å². The van der Waals surface area contributed by atoms with E-state index in [9.17, 15) is 0 Å². The number of aliphatic hydroxyl groups is 1. The Hall–Kier alpha value is -1.13. The van der Waals surface area contributed by atoms with Crippen LogP contribution in [0.2, 0.25) is 0 Å². The molecule has 0 amide bonds. The number of pyridine rings is 1. The predicted octanol–water partition coefficient (Wildman–Crippen LogP) is 1.26. The molecule has 1 rings (SSSR count). The molecule has 3 N–H and O–H groups in total. The van der Waals surface area contributed by atoms with Crippen LogP contribution in [-0.4, -0.2) is 34.7 Å². The molecule has 0 aliphatic carbocycles. The maximum atomic E-state index is 8.98. The summed E-state index contributed by atoms with van der Waals surface area (Å²) < 4.78 is 0. The minimum atomic E-state index is 0.187. The molecule has 4 nitrogen and oxygen atoms in total. The Morgan fingerprint density at radius 3 is 2.81 bits per heavy atom. The van der Waals surface area contributed by atoms with Gasteiger partial charge < -0.3 is 10.8 Å². The molecular formula is C12H21N3O. The SMILES string of the molecule is CCCCN(CCO)Cc1cccc(N)n1. The van der Waals surface area contributed by atoms with Crippen molar-refractivity contribution in [3.8, 4) is 0 Å². The molecule has 90 valence electrons. The number of nitrogen functional groups attached to an aromatic ring is 1. The molecule has 0 bridgehead atoms. The van der Waals surface area contributed by atoms with Crippen molar-refractivity contribution in [3.63, 3.8) is 0 Å². The normalized spacial score (nSPS) is 10.9. The second kappa shape index (κ2) is 7.19. The van der Waals surface area contributed by atoms with Crippen molar-refractivity contribution in [1.29, 1.82) is 0 Å². The maximum absolute atomic E-state index is 8.98. The van der Waals surface area contributed by atoms with E-state index in [1.54, 1.807) is 6.07 Å². The molecule has 0 spiro atoms. The topological polar surface area (TPSA) is 62.4 Å². The molecule has 4 heteroatoms. The summed E-state index contributed by atoms with van der Waals surface area (Å²) in [4.78, 5) is 6.46. The number of aromatic nitrogens is 1. The zero-order chi connectivity index (χ0) is 11.8. The van der Waals surface area contributed by atoms with Crippen molar-refractivity contribution in [3.05, 3.63) is 23.9 Å². The molecular weight excluding hydrogens is 202 g/mol. The minimum Gasteiger partial charge on any atom is -0.395 e. The van der Waals surface area contributed by atoms with Crippen LogP contribution in [0.5, 0.6) is 0 Å². The monoisotopic (exact) mass is 223 g/mol. The number of hydrogen-bond donors (Lipinski definition) is 2. The highest BCUT2D eigenvalue weighted by molar-refractivity contribution is 5.28. The standard InChI is InChI=1S/C12H21N3O/c1-2-3-7-15(8-9-16)10-11-5-4-6-12(13)14-11/h4-6,16H,2-3,7-10H2,1H3,(H2,13,14). The lowest BCUT2D eigenvalue weighted by Gasteiger charge is -2.20. The summed E-state index contributed by atoms with van der Waals surface area (Å²) in [6.45, 7) is 4.79. The second-order valence-corrected chi connectivity index (χ2v) is 3.91. The van der Waals surface area contributed by atoms with Crippen LogP contribution in [0.4, 0.5) is 5.82 Å². The van der Waals surface area contributed by atoms with E-state index in [0.29, 0.717) is 12.4 Å². The van der Waals surface area contributed by atoms with Gasteiger partial charge in [-0.05, 0) is 25.1 Å². The maximum Gasteiger partial charge on any atom is 0.123 e. The van der Waals surface area contributed by atoms with Gasteiger partial charge in [0.2, 0.25) is 0 Å². The second-order valence-electron chi connectivity index (χ2n) is 3.91. The molecule has 0 saturated heterocycles. The van der Waals surface area contributed by atoms with Crippen LogP contribution in [0, 0.1) is 0 Å². The van der Waals surface area contributed by atoms with E-state index < -0.39 is 0 Å². The molecule has 0 aliphatic heterocycles. The largest absolute Gasteiger partial charge is 0.395 e. The van der Waals surface area contributed by atoms with Crippen LogP contribution in [0.25, 0.3) is 0 Å². The lowest BCUT2D eigenvalue weighted by atomic mass is 10.2. The average molecular weight is 223 g/mol. The van der Waals surface area contributed by atoms with Crippen molar-refractivity contribution in [2.75, 3.05) is 25.4 Å². The van der Waals surface area contributed by atoms with Gasteiger partial charge in [-0.25, -0.2) is 4.98 Å². The zero-order valence-corrected chi connectivity index (χ0v) is 9.89. The number of rotatable bonds is 7. The highest BCUT2D eigenvalue weighted by Gasteiger charge is 2.05. The smallest absolute Gasteiger partial charge is 0.123 e. The van der Waals surface area contributed by atoms with Gasteiger partial charge in [0.15, 0.2) is 0 Å². The first-order valence-electron chi connectivity index (χ1n) is 5.81. The first kappa shape index (κ1) is 12.9. The lowest BCUT2D eigenvalue weighted by molar-refractivity contribution is 0.187. The van der Waals surface area contributed by atoms with Crippen molar-refractivity contribution in [2.24, 2.45) is 0 Å². The highest BCUT2D eigenvalue weighted by atomic mass is 16.3. The zero-order valence-electron chi connectivity index (χ0n) is 9.89. The van der Waals surface area contributed by atoms with Crippen LogP contribution in [0.3, 0.4) is 0 Å². The third-order valence-corrected chi connectivity index (χ3v) is 2.46. The molecule has 0 saturated carbocycles. The fourth-order valence-electron chi connectivity index (χ4n) is 1.61. The molecule has 16 heavy (non-hydrogen) atoms. The van der Waals surface area contributed by atoms with Gasteiger partial charge in [-0.1, -0.05) is 19.4 Å². The van der Waals surface area contributed by atoms with Crippen molar-refractivity contribution in [2.45, 2.75) is 26.3 Å². The summed E-state index contributed by atoms with van der Waals surface area (Å²) in [6, 6.07) is 5.66. The van der Waals surface area contributed by atoms with Gasteiger partial charge in [0.05, 0.1) is 12.3 Å². The quantitative estimate of drug-likeness (QED) is 0.730. The van der Waals surface area contributed by atoms with E-state index in [4.69, 9.17) is 10.8 Å². The van der Waals surface area contributed by atoms with Crippen LogP contribution in [0.1, 0.15) is 25.5 Å². The summed E-state index contributed by atoms with van der Waals surface area (Å²) in [5.74, 6) is 0.553. The number of hydrogen-bond acceptors (Lipinski definition) is 4. The van der Waals surface area contributed by atoms with E-state index in [1.807, 2.05) is 12.1 Å². The number of unbranched alkanes of at least 4 members (excludes halogenated alkanes) is 1. The van der Waals surface area contributed by atoms with Crippen LogP contribution in [0.15, 0.2) is 18.2 Å². The minimum absolute atomic E-state index is 0.187. The van der Waals surface area contributed by atoms with E-state index in [-0.39, 0.29) is 6.61 Å². The first-order chi connectivity index (χ1) is 7.76. The molecule has 0 unspecified atom stereocenters. The summed E-state index contributed by atoms with van der Waals surface area (Å²) >= 11 is 0. The van der Waals surface area contributed by atoms with Crippen LogP contribution < -0.4 is 5.73 Å². The summed E-state index contributed by atoms with van der Waals surface area (Å²) in [6.07, 6.45) is 2.30. The van der Waals surface area contributed by atoms with Crippen molar-refractivity contribution < 1.29 is 5.11 Å². The van der Waals surface area contributed by atoms with Gasteiger partial charge >= 0.3 is 0 Å². The van der Waals surface area contributed by atoms with E-state index in [0.717, 1.165) is 31.6 Å². The van der Waals surface area contributed by atoms with E-state index >= 15 is 0 Å². The van der Waals surface area contributed by atoms with Crippen LogP contribution >= 0.6 is 0 Å². The fraction of sp³-hybridized carbons (Fsp3) is 0.583. The molecule has 0 aromatic carbocycles. The molecule has 1 aromatic rings. The first-order valence-corrected chi connectivity index (χ1v) is 5.81. The Labute approximate surface area is 97.1 Å². The Kier molecular flexibility index (Phi) is 5.82. The third kappa shape index (κ3) is 4.59. The molecule has 1 aromatic heterocycles. The predicted molar refractivity (Wildman–Crippen MR) is 65.9 cm³/mol. The summed E-state index contributed by atoms with van der Waals surface area (Å²) in [5.41, 5.74) is 6.59. The number of aliphatic hydroxyl groups excluding tert-OH is 1.